The number of nitrogens with zero attached hydrogens (tertiary/aromatic N) is 2. The number of carbonyl (C=O) groups is 1. The van der Waals surface area contributed by atoms with Crippen molar-refractivity contribution < 1.29 is 4.79 Å². The molecule has 0 bridgehead atoms. The van der Waals surface area contributed by atoms with Crippen molar-refractivity contribution >= 4 is 11.5 Å². The average Bonchev–Trinajstić information content (AvgIpc) is 3.03. The van der Waals surface area contributed by atoms with Crippen LogP contribution in [0.2, 0.25) is 0 Å². The van der Waals surface area contributed by atoms with Crippen molar-refractivity contribution in [1.82, 2.24) is 10.2 Å². The minimum atomic E-state index is -0.0949. The number of likely N-dealkylation sites (tertiary alicyclic amines) is 1. The van der Waals surface area contributed by atoms with Crippen LogP contribution in [0, 0.1) is 11.5 Å². The van der Waals surface area contributed by atoms with Gasteiger partial charge in [0.05, 0.1) is 0 Å². The van der Waals surface area contributed by atoms with Gasteiger partial charge in [0.1, 0.15) is 0 Å². The summed E-state index contributed by atoms with van der Waals surface area (Å²) in [6.07, 6.45) is 8.39. The predicted molar refractivity (Wildman–Crippen MR) is 92.1 cm³/mol. The molecule has 0 radical (unpaired) electrons. The van der Waals surface area contributed by atoms with E-state index >= 15 is 0 Å². The molecule has 2 rings (SSSR count). The fourth-order valence-electron chi connectivity index (χ4n) is 2.47. The highest BCUT2D eigenvalue weighted by atomic mass is 16.1. The molecule has 1 atom stereocenters. The normalized spacial score (nSPS) is 18.4. The molecule has 1 unspecified atom stereocenters. The molecule has 0 saturated carbocycles. The molecule has 1 N–H and O–H groups in total. The van der Waals surface area contributed by atoms with E-state index in [0.29, 0.717) is 18.7 Å². The second-order valence-corrected chi connectivity index (χ2v) is 5.55. The van der Waals surface area contributed by atoms with E-state index in [4.69, 9.17) is 5.26 Å². The van der Waals surface area contributed by atoms with E-state index in [1.54, 1.807) is 24.0 Å². The standard InChI is InChI=1S/C19H21N3O/c1-3-16(17-7-5-4-6-8-17)10-9-15(2)19(23)21-18-11-12-22(13-18)14-20/h3-10,18H,1,11-13H2,2H3,(H,21,23)/b15-9+,16-10+. The van der Waals surface area contributed by atoms with Crippen LogP contribution in [0.25, 0.3) is 5.57 Å². The number of carbonyl (C=O) groups excluding carboxylic acids is 1. The van der Waals surface area contributed by atoms with Gasteiger partial charge in [0.2, 0.25) is 5.91 Å². The minimum absolute atomic E-state index is 0.0440. The van der Waals surface area contributed by atoms with E-state index in [2.05, 4.69) is 18.1 Å². The molecule has 118 valence electrons. The summed E-state index contributed by atoms with van der Waals surface area (Å²) in [7, 11) is 0. The Morgan fingerprint density at radius 3 is 2.74 bits per heavy atom. The second kappa shape index (κ2) is 8.00. The second-order valence-electron chi connectivity index (χ2n) is 5.55. The molecule has 1 heterocycles. The van der Waals surface area contributed by atoms with Crippen LogP contribution >= 0.6 is 0 Å². The topological polar surface area (TPSA) is 56.1 Å². The third kappa shape index (κ3) is 4.58. The summed E-state index contributed by atoms with van der Waals surface area (Å²) < 4.78 is 0. The molecule has 1 fully saturated rings. The van der Waals surface area contributed by atoms with Gasteiger partial charge >= 0.3 is 0 Å². The molecular weight excluding hydrogens is 286 g/mol. The summed E-state index contributed by atoms with van der Waals surface area (Å²) in [5, 5.41) is 11.8. The Morgan fingerprint density at radius 2 is 2.13 bits per heavy atom. The zero-order valence-electron chi connectivity index (χ0n) is 13.3. The van der Waals surface area contributed by atoms with Crippen LogP contribution in [-0.2, 0) is 4.79 Å². The van der Waals surface area contributed by atoms with Crippen molar-refractivity contribution in [2.75, 3.05) is 13.1 Å². The molecular formula is C19H21N3O. The van der Waals surface area contributed by atoms with Gasteiger partial charge in [-0.3, -0.25) is 4.79 Å². The average molecular weight is 307 g/mol. The monoisotopic (exact) mass is 307 g/mol. The first-order valence-electron chi connectivity index (χ1n) is 7.66. The summed E-state index contributed by atoms with van der Waals surface area (Å²) in [6.45, 7) is 6.91. The molecule has 4 nitrogen and oxygen atoms in total. The van der Waals surface area contributed by atoms with Gasteiger partial charge in [0, 0.05) is 24.7 Å². The summed E-state index contributed by atoms with van der Waals surface area (Å²) in [5.41, 5.74) is 2.66. The molecule has 1 amide bonds. The molecule has 0 aromatic heterocycles. The molecule has 1 saturated heterocycles. The third-order valence-corrected chi connectivity index (χ3v) is 3.86. The number of hydrogen-bond acceptors (Lipinski definition) is 3. The number of allylic oxidation sites excluding steroid dienone is 4. The van der Waals surface area contributed by atoms with Gasteiger partial charge in [0.25, 0.3) is 0 Å². The lowest BCUT2D eigenvalue weighted by Crippen LogP contribution is -2.36. The van der Waals surface area contributed by atoms with Crippen LogP contribution in [0.1, 0.15) is 18.9 Å². The minimum Gasteiger partial charge on any atom is -0.348 e. The van der Waals surface area contributed by atoms with E-state index in [0.717, 1.165) is 17.6 Å². The number of amides is 1. The van der Waals surface area contributed by atoms with E-state index in [9.17, 15) is 4.79 Å². The Labute approximate surface area is 137 Å². The lowest BCUT2D eigenvalue weighted by atomic mass is 10.0. The van der Waals surface area contributed by atoms with Crippen LogP contribution in [0.4, 0.5) is 0 Å². The van der Waals surface area contributed by atoms with Gasteiger partial charge in [-0.1, -0.05) is 55.1 Å². The highest BCUT2D eigenvalue weighted by molar-refractivity contribution is 5.93. The predicted octanol–water partition coefficient (Wildman–Crippen LogP) is 2.87. The quantitative estimate of drug-likeness (QED) is 0.517. The number of nitriles is 1. The summed E-state index contributed by atoms with van der Waals surface area (Å²) in [4.78, 5) is 13.9. The summed E-state index contributed by atoms with van der Waals surface area (Å²) in [5.74, 6) is -0.0949. The smallest absolute Gasteiger partial charge is 0.247 e. The van der Waals surface area contributed by atoms with E-state index in [-0.39, 0.29) is 11.9 Å². The summed E-state index contributed by atoms with van der Waals surface area (Å²) in [6, 6.07) is 9.96. The molecule has 1 aliphatic heterocycles. The summed E-state index contributed by atoms with van der Waals surface area (Å²) >= 11 is 0. The highest BCUT2D eigenvalue weighted by Gasteiger charge is 2.23. The fourth-order valence-corrected chi connectivity index (χ4v) is 2.47. The van der Waals surface area contributed by atoms with Gasteiger partial charge in [-0.05, 0) is 24.5 Å². The van der Waals surface area contributed by atoms with E-state index in [1.165, 1.54) is 0 Å². The molecule has 1 aromatic rings. The van der Waals surface area contributed by atoms with Crippen molar-refractivity contribution in [3.05, 3.63) is 66.3 Å². The largest absolute Gasteiger partial charge is 0.348 e. The van der Waals surface area contributed by atoms with Gasteiger partial charge < -0.3 is 10.2 Å². The first kappa shape index (κ1) is 16.6. The molecule has 23 heavy (non-hydrogen) atoms. The fraction of sp³-hybridized carbons (Fsp3) is 0.263. The Kier molecular flexibility index (Phi) is 5.76. The molecule has 1 aliphatic rings. The first-order chi connectivity index (χ1) is 11.1. The maximum absolute atomic E-state index is 12.2. The van der Waals surface area contributed by atoms with Crippen LogP contribution in [0.5, 0.6) is 0 Å². The zero-order chi connectivity index (χ0) is 16.7. The lowest BCUT2D eigenvalue weighted by Gasteiger charge is -2.12. The van der Waals surface area contributed by atoms with Crippen molar-refractivity contribution in [2.24, 2.45) is 0 Å². The molecule has 0 aliphatic carbocycles. The van der Waals surface area contributed by atoms with Gasteiger partial charge in [-0.25, -0.2) is 0 Å². The van der Waals surface area contributed by atoms with Crippen LogP contribution in [0.15, 0.2) is 60.7 Å². The van der Waals surface area contributed by atoms with E-state index in [1.807, 2.05) is 36.4 Å². The maximum atomic E-state index is 12.2. The molecule has 4 heteroatoms. The Bertz CT molecular complexity index is 668. The molecule has 1 aromatic carbocycles. The zero-order valence-corrected chi connectivity index (χ0v) is 13.3. The van der Waals surface area contributed by atoms with E-state index < -0.39 is 0 Å². The third-order valence-electron chi connectivity index (χ3n) is 3.86. The van der Waals surface area contributed by atoms with Crippen molar-refractivity contribution in [2.45, 2.75) is 19.4 Å². The molecule has 0 spiro atoms. The van der Waals surface area contributed by atoms with Crippen molar-refractivity contribution in [1.29, 1.82) is 5.26 Å². The number of hydrogen-bond donors (Lipinski definition) is 1. The van der Waals surface area contributed by atoms with Crippen LogP contribution in [0.3, 0.4) is 0 Å². The first-order valence-corrected chi connectivity index (χ1v) is 7.66. The van der Waals surface area contributed by atoms with Gasteiger partial charge in [-0.15, -0.1) is 0 Å². The maximum Gasteiger partial charge on any atom is 0.247 e. The highest BCUT2D eigenvalue weighted by Crippen LogP contribution is 2.15. The Hall–Kier alpha value is -2.80. The SMILES string of the molecule is C=C/C(=C\C=C(/C)C(=O)NC1CCN(C#N)C1)c1ccccc1. The van der Waals surface area contributed by atoms with Crippen molar-refractivity contribution in [3.63, 3.8) is 0 Å². The van der Waals surface area contributed by atoms with Gasteiger partial charge in [-0.2, -0.15) is 5.26 Å². The number of rotatable bonds is 5. The van der Waals surface area contributed by atoms with Crippen molar-refractivity contribution in [3.8, 4) is 6.19 Å². The van der Waals surface area contributed by atoms with Crippen LogP contribution < -0.4 is 5.32 Å². The Morgan fingerprint density at radius 1 is 1.39 bits per heavy atom. The number of nitrogens with one attached hydrogen (secondary N) is 1. The van der Waals surface area contributed by atoms with Crippen LogP contribution in [-0.4, -0.2) is 29.9 Å². The Balaban J connectivity index is 2.01. The number of benzene rings is 1. The lowest BCUT2D eigenvalue weighted by molar-refractivity contribution is -0.118. The van der Waals surface area contributed by atoms with Gasteiger partial charge in [0.15, 0.2) is 6.19 Å².